The number of rotatable bonds is 2. The van der Waals surface area contributed by atoms with Gasteiger partial charge in [-0.3, -0.25) is 14.5 Å². The lowest BCUT2D eigenvalue weighted by Gasteiger charge is -2.13. The van der Waals surface area contributed by atoms with E-state index in [0.29, 0.717) is 16.6 Å². The van der Waals surface area contributed by atoms with Gasteiger partial charge in [-0.2, -0.15) is 0 Å². The fourth-order valence-corrected chi connectivity index (χ4v) is 5.13. The van der Waals surface area contributed by atoms with E-state index in [-0.39, 0.29) is 18.4 Å². The highest BCUT2D eigenvalue weighted by atomic mass is 16.2. The van der Waals surface area contributed by atoms with Crippen LogP contribution in [0.4, 0.5) is 0 Å². The molecule has 0 saturated heterocycles. The summed E-state index contributed by atoms with van der Waals surface area (Å²) < 4.78 is 0. The summed E-state index contributed by atoms with van der Waals surface area (Å²) >= 11 is 0. The van der Waals surface area contributed by atoms with E-state index in [1.165, 1.54) is 4.90 Å². The van der Waals surface area contributed by atoms with Gasteiger partial charge in [-0.1, -0.05) is 66.7 Å². The monoisotopic (exact) mass is 415 g/mol. The molecular formula is C27H17N3O2. The van der Waals surface area contributed by atoms with Gasteiger partial charge in [0.15, 0.2) is 0 Å². The van der Waals surface area contributed by atoms with Gasteiger partial charge in [0.1, 0.15) is 0 Å². The number of aromatic amines is 2. The van der Waals surface area contributed by atoms with Crippen LogP contribution in [0.25, 0.3) is 43.6 Å². The normalized spacial score (nSPS) is 13.8. The maximum atomic E-state index is 13.7. The van der Waals surface area contributed by atoms with Crippen LogP contribution < -0.4 is 0 Å². The average Bonchev–Trinajstić information content (AvgIpc) is 3.46. The van der Waals surface area contributed by atoms with Crippen molar-refractivity contribution in [1.29, 1.82) is 0 Å². The van der Waals surface area contributed by atoms with Crippen LogP contribution in [0.15, 0.2) is 78.9 Å². The van der Waals surface area contributed by atoms with E-state index in [9.17, 15) is 9.59 Å². The predicted molar refractivity (Wildman–Crippen MR) is 126 cm³/mol. The predicted octanol–water partition coefficient (Wildman–Crippen LogP) is 5.75. The highest BCUT2D eigenvalue weighted by Gasteiger charge is 2.40. The summed E-state index contributed by atoms with van der Waals surface area (Å²) in [6.45, 7) is 0.249. The Hall–Kier alpha value is -4.38. The molecule has 32 heavy (non-hydrogen) atoms. The number of para-hydroxylation sites is 2. The van der Waals surface area contributed by atoms with Crippen LogP contribution in [-0.2, 0) is 6.54 Å². The summed E-state index contributed by atoms with van der Waals surface area (Å²) in [4.78, 5) is 35.7. The van der Waals surface area contributed by atoms with E-state index >= 15 is 0 Å². The highest BCUT2D eigenvalue weighted by Crippen LogP contribution is 2.43. The molecule has 2 aromatic heterocycles. The Kier molecular flexibility index (Phi) is 3.29. The molecule has 7 rings (SSSR count). The molecule has 0 unspecified atom stereocenters. The van der Waals surface area contributed by atoms with Crippen LogP contribution >= 0.6 is 0 Å². The molecule has 0 radical (unpaired) electrons. The zero-order valence-corrected chi connectivity index (χ0v) is 17.0. The number of hydrogen-bond donors (Lipinski definition) is 2. The van der Waals surface area contributed by atoms with Crippen molar-refractivity contribution in [2.45, 2.75) is 6.54 Å². The van der Waals surface area contributed by atoms with Crippen molar-refractivity contribution < 1.29 is 9.59 Å². The third-order valence-corrected chi connectivity index (χ3v) is 6.51. The minimum atomic E-state index is -0.252. The summed E-state index contributed by atoms with van der Waals surface area (Å²) in [6.07, 6.45) is 0. The fraction of sp³-hybridized carbons (Fsp3) is 0.0370. The van der Waals surface area contributed by atoms with Gasteiger partial charge in [0.05, 0.1) is 28.7 Å². The lowest BCUT2D eigenvalue weighted by Crippen LogP contribution is -2.29. The van der Waals surface area contributed by atoms with Gasteiger partial charge in [-0.25, -0.2) is 0 Å². The molecule has 0 saturated carbocycles. The molecule has 1 aliphatic rings. The van der Waals surface area contributed by atoms with Crippen molar-refractivity contribution in [3.05, 3.63) is 95.6 Å². The summed E-state index contributed by atoms with van der Waals surface area (Å²) in [6, 6.07) is 25.6. The molecule has 2 amide bonds. The smallest absolute Gasteiger partial charge is 0.264 e. The molecule has 1 aliphatic heterocycles. The molecule has 0 aliphatic carbocycles. The van der Waals surface area contributed by atoms with Crippen molar-refractivity contribution >= 4 is 55.4 Å². The molecule has 0 bridgehead atoms. The van der Waals surface area contributed by atoms with Crippen molar-refractivity contribution in [1.82, 2.24) is 14.9 Å². The van der Waals surface area contributed by atoms with E-state index in [1.807, 2.05) is 72.8 Å². The van der Waals surface area contributed by atoms with Gasteiger partial charge in [0.25, 0.3) is 11.8 Å². The van der Waals surface area contributed by atoms with Crippen LogP contribution in [0.2, 0.25) is 0 Å². The Morgan fingerprint density at radius 3 is 1.88 bits per heavy atom. The van der Waals surface area contributed by atoms with E-state index in [4.69, 9.17) is 0 Å². The Labute approximate surface area is 182 Å². The molecule has 2 N–H and O–H groups in total. The number of fused-ring (bicyclic) bond motifs is 10. The Morgan fingerprint density at radius 2 is 1.16 bits per heavy atom. The van der Waals surface area contributed by atoms with Gasteiger partial charge in [-0.05, 0) is 17.7 Å². The van der Waals surface area contributed by atoms with Crippen LogP contribution in [0.5, 0.6) is 0 Å². The van der Waals surface area contributed by atoms with Crippen LogP contribution in [0.3, 0.4) is 0 Å². The standard InChI is InChI=1S/C27H17N3O2/c31-26-22-20-16-10-4-6-12-18(16)28-24(20)21-17-11-5-7-13-19(17)29-25(21)23(22)27(32)30(26)14-15-8-2-1-3-9-15/h1-13,28-29H,14H2. The zero-order valence-electron chi connectivity index (χ0n) is 17.0. The Bertz CT molecular complexity index is 1740. The Morgan fingerprint density at radius 1 is 0.594 bits per heavy atom. The minimum Gasteiger partial charge on any atom is -0.354 e. The quantitative estimate of drug-likeness (QED) is 0.354. The van der Waals surface area contributed by atoms with E-state index in [2.05, 4.69) is 16.0 Å². The largest absolute Gasteiger partial charge is 0.354 e. The number of aromatic nitrogens is 2. The molecule has 0 atom stereocenters. The average molecular weight is 415 g/mol. The molecule has 152 valence electrons. The number of nitrogens with zero attached hydrogens (tertiary/aromatic N) is 1. The van der Waals surface area contributed by atoms with Crippen molar-refractivity contribution in [2.75, 3.05) is 0 Å². The lowest BCUT2D eigenvalue weighted by molar-refractivity contribution is 0.0643. The van der Waals surface area contributed by atoms with Crippen molar-refractivity contribution in [3.63, 3.8) is 0 Å². The summed E-state index contributed by atoms with van der Waals surface area (Å²) in [5, 5.41) is 3.76. The van der Waals surface area contributed by atoms with E-state index < -0.39 is 0 Å². The number of hydrogen-bond acceptors (Lipinski definition) is 2. The SMILES string of the molecule is O=C1c2c(c3c4ccccc4[nH]c3c3c2[nH]c2ccccc23)C(=O)N1Cc1ccccc1. The number of amides is 2. The molecule has 0 spiro atoms. The van der Waals surface area contributed by atoms with Gasteiger partial charge >= 0.3 is 0 Å². The fourth-order valence-electron chi connectivity index (χ4n) is 5.13. The molecule has 5 nitrogen and oxygen atoms in total. The zero-order chi connectivity index (χ0) is 21.4. The molecule has 4 aromatic carbocycles. The third-order valence-electron chi connectivity index (χ3n) is 6.51. The highest BCUT2D eigenvalue weighted by molar-refractivity contribution is 6.38. The van der Waals surface area contributed by atoms with Crippen molar-refractivity contribution in [2.24, 2.45) is 0 Å². The number of nitrogens with one attached hydrogen (secondary N) is 2. The van der Waals surface area contributed by atoms with Crippen LogP contribution in [0.1, 0.15) is 26.3 Å². The molecular weight excluding hydrogens is 398 g/mol. The maximum Gasteiger partial charge on any atom is 0.264 e. The third kappa shape index (κ3) is 2.12. The second-order valence-corrected chi connectivity index (χ2v) is 8.27. The van der Waals surface area contributed by atoms with E-state index in [1.54, 1.807) is 0 Å². The summed E-state index contributed by atoms with van der Waals surface area (Å²) in [5.74, 6) is -0.498. The van der Waals surface area contributed by atoms with E-state index in [0.717, 1.165) is 43.7 Å². The molecule has 0 fully saturated rings. The molecule has 6 aromatic rings. The summed E-state index contributed by atoms with van der Waals surface area (Å²) in [5.41, 5.74) is 5.37. The Balaban J connectivity index is 1.62. The number of imide groups is 1. The first-order valence-electron chi connectivity index (χ1n) is 10.6. The summed E-state index contributed by atoms with van der Waals surface area (Å²) in [7, 11) is 0. The van der Waals surface area contributed by atoms with Crippen molar-refractivity contribution in [3.8, 4) is 0 Å². The van der Waals surface area contributed by atoms with Gasteiger partial charge in [0.2, 0.25) is 0 Å². The molecule has 5 heteroatoms. The van der Waals surface area contributed by atoms with Gasteiger partial charge in [-0.15, -0.1) is 0 Å². The van der Waals surface area contributed by atoms with Gasteiger partial charge in [0, 0.05) is 32.6 Å². The van der Waals surface area contributed by atoms with Crippen LogP contribution in [0, 0.1) is 0 Å². The van der Waals surface area contributed by atoms with Gasteiger partial charge < -0.3 is 9.97 Å². The first-order valence-corrected chi connectivity index (χ1v) is 10.6. The number of carbonyl (C=O) groups excluding carboxylic acids is 2. The second-order valence-electron chi connectivity index (χ2n) is 8.27. The number of H-pyrrole nitrogens is 2. The number of benzene rings is 4. The number of carbonyl (C=O) groups is 2. The first kappa shape index (κ1) is 17.3. The minimum absolute atomic E-state index is 0.246. The lowest BCUT2D eigenvalue weighted by atomic mass is 9.98. The molecule has 3 heterocycles. The van der Waals surface area contributed by atoms with Crippen LogP contribution in [-0.4, -0.2) is 26.7 Å². The second kappa shape index (κ2) is 6.08. The maximum absolute atomic E-state index is 13.7. The topological polar surface area (TPSA) is 69.0 Å². The first-order chi connectivity index (χ1) is 15.7.